The first kappa shape index (κ1) is 16.8. The van der Waals surface area contributed by atoms with E-state index in [1.54, 1.807) is 11.6 Å². The van der Waals surface area contributed by atoms with Crippen LogP contribution in [0.15, 0.2) is 34.9 Å². The molecule has 3 fully saturated rings. The molecule has 26 heavy (non-hydrogen) atoms. The van der Waals surface area contributed by atoms with Gasteiger partial charge in [0.2, 0.25) is 0 Å². The van der Waals surface area contributed by atoms with Gasteiger partial charge >= 0.3 is 5.97 Å². The highest BCUT2D eigenvalue weighted by Crippen LogP contribution is 2.65. The van der Waals surface area contributed by atoms with Gasteiger partial charge in [0.15, 0.2) is 0 Å². The Kier molecular flexibility index (Phi) is 3.60. The molecule has 1 heterocycles. The van der Waals surface area contributed by atoms with Gasteiger partial charge in [0.1, 0.15) is 6.61 Å². The number of rotatable bonds is 1. The van der Waals surface area contributed by atoms with Crippen LogP contribution in [-0.2, 0) is 9.53 Å². The molecule has 1 N–H and O–H groups in total. The second-order valence-corrected chi connectivity index (χ2v) is 9.77. The molecule has 1 aliphatic heterocycles. The Morgan fingerprint density at radius 1 is 1.12 bits per heavy atom. The number of carbonyl (C=O) groups excluding carboxylic acids is 1. The van der Waals surface area contributed by atoms with Crippen molar-refractivity contribution < 1.29 is 14.6 Å². The fourth-order valence-corrected chi connectivity index (χ4v) is 7.22. The molecule has 0 amide bonds. The van der Waals surface area contributed by atoms with Gasteiger partial charge in [-0.15, -0.1) is 0 Å². The van der Waals surface area contributed by atoms with E-state index in [1.165, 1.54) is 37.7 Å². The van der Waals surface area contributed by atoms with Crippen molar-refractivity contribution in [1.29, 1.82) is 0 Å². The number of hydrogen-bond donors (Lipinski definition) is 1. The highest BCUT2D eigenvalue weighted by atomic mass is 16.5. The molecule has 0 spiro atoms. The van der Waals surface area contributed by atoms with Gasteiger partial charge in [0, 0.05) is 17.1 Å². The third-order valence-electron chi connectivity index (χ3n) is 8.69. The SMILES string of the molecule is C[C@]12CC[C@@H]3[C@H](CC[C@H]4C[C@H](O)CC[C@]43C)C1=CC=C2C1=CC(=O)OC1. The lowest BCUT2D eigenvalue weighted by atomic mass is 9.46. The molecule has 3 saturated carbocycles. The lowest BCUT2D eigenvalue weighted by molar-refractivity contribution is -0.134. The van der Waals surface area contributed by atoms with E-state index in [2.05, 4.69) is 26.0 Å². The number of cyclic esters (lactones) is 1. The number of ether oxygens (including phenoxy) is 1. The van der Waals surface area contributed by atoms with Crippen LogP contribution in [0.1, 0.15) is 58.8 Å². The van der Waals surface area contributed by atoms with E-state index < -0.39 is 0 Å². The number of hydrogen-bond acceptors (Lipinski definition) is 3. The van der Waals surface area contributed by atoms with Crippen LogP contribution < -0.4 is 0 Å². The van der Waals surface area contributed by atoms with Crippen molar-refractivity contribution in [2.24, 2.45) is 28.6 Å². The molecule has 3 nitrogen and oxygen atoms in total. The van der Waals surface area contributed by atoms with Crippen LogP contribution in [0.4, 0.5) is 0 Å². The molecule has 0 radical (unpaired) electrons. The van der Waals surface area contributed by atoms with Crippen molar-refractivity contribution in [3.8, 4) is 0 Å². The van der Waals surface area contributed by atoms with E-state index in [-0.39, 0.29) is 17.5 Å². The fraction of sp³-hybridized carbons (Fsp3) is 0.696. The smallest absolute Gasteiger partial charge is 0.331 e. The molecule has 0 aromatic heterocycles. The van der Waals surface area contributed by atoms with Crippen molar-refractivity contribution in [1.82, 2.24) is 0 Å². The number of aliphatic hydroxyl groups is 1. The van der Waals surface area contributed by atoms with Crippen LogP contribution in [-0.4, -0.2) is 23.8 Å². The summed E-state index contributed by atoms with van der Waals surface area (Å²) in [7, 11) is 0. The van der Waals surface area contributed by atoms with Crippen LogP contribution in [0, 0.1) is 28.6 Å². The van der Waals surface area contributed by atoms with E-state index in [0.717, 1.165) is 24.3 Å². The Morgan fingerprint density at radius 3 is 2.73 bits per heavy atom. The molecule has 0 unspecified atom stereocenters. The molecule has 0 saturated heterocycles. The van der Waals surface area contributed by atoms with E-state index >= 15 is 0 Å². The summed E-state index contributed by atoms with van der Waals surface area (Å²) in [5.74, 6) is 1.91. The number of carbonyl (C=O) groups is 1. The maximum atomic E-state index is 11.6. The van der Waals surface area contributed by atoms with Gasteiger partial charge < -0.3 is 9.84 Å². The van der Waals surface area contributed by atoms with Crippen LogP contribution in [0.25, 0.3) is 0 Å². The van der Waals surface area contributed by atoms with Crippen molar-refractivity contribution in [2.45, 2.75) is 64.9 Å². The standard InChI is InChI=1S/C23H30O3/c1-22-9-7-16(24)12-15(22)3-4-17-19-6-5-18(14-11-21(25)26-13-14)23(19,2)10-8-20(17)22/h5-6,11,15-17,20,24H,3-4,7-10,12-13H2,1-2H3/t15-,16+,17+,20+,22+,23+/m0/s1. The molecule has 5 aliphatic rings. The molecular weight excluding hydrogens is 324 g/mol. The summed E-state index contributed by atoms with van der Waals surface area (Å²) in [6, 6.07) is 0. The normalized spacial score (nSPS) is 47.2. The van der Waals surface area contributed by atoms with Crippen molar-refractivity contribution in [2.75, 3.05) is 6.61 Å². The zero-order chi connectivity index (χ0) is 18.1. The summed E-state index contributed by atoms with van der Waals surface area (Å²) < 4.78 is 5.19. The second kappa shape index (κ2) is 5.58. The zero-order valence-corrected chi connectivity index (χ0v) is 16.0. The Balaban J connectivity index is 1.44. The third-order valence-corrected chi connectivity index (χ3v) is 8.69. The van der Waals surface area contributed by atoms with Crippen LogP contribution in [0.2, 0.25) is 0 Å². The van der Waals surface area contributed by atoms with Gasteiger partial charge in [0.05, 0.1) is 6.10 Å². The van der Waals surface area contributed by atoms with Gasteiger partial charge in [0.25, 0.3) is 0 Å². The first-order valence-corrected chi connectivity index (χ1v) is 10.4. The minimum absolute atomic E-state index is 0.0794. The predicted molar refractivity (Wildman–Crippen MR) is 100 cm³/mol. The number of esters is 1. The maximum absolute atomic E-state index is 11.6. The highest BCUT2D eigenvalue weighted by molar-refractivity contribution is 5.87. The summed E-state index contributed by atoms with van der Waals surface area (Å²) in [6.45, 7) is 5.34. The van der Waals surface area contributed by atoms with Gasteiger partial charge in [-0.1, -0.05) is 31.6 Å². The Morgan fingerprint density at radius 2 is 1.96 bits per heavy atom. The predicted octanol–water partition coefficient (Wildman–Crippen LogP) is 4.33. The fourth-order valence-electron chi connectivity index (χ4n) is 7.22. The topological polar surface area (TPSA) is 46.5 Å². The molecule has 3 heteroatoms. The number of aliphatic hydroxyl groups excluding tert-OH is 1. The van der Waals surface area contributed by atoms with Gasteiger partial charge in [-0.3, -0.25) is 0 Å². The number of fused-ring (bicyclic) bond motifs is 5. The molecule has 0 aromatic carbocycles. The van der Waals surface area contributed by atoms with Crippen LogP contribution >= 0.6 is 0 Å². The summed E-state index contributed by atoms with van der Waals surface area (Å²) in [5.41, 5.74) is 4.48. The largest absolute Gasteiger partial charge is 0.458 e. The quantitative estimate of drug-likeness (QED) is 0.713. The Bertz CT molecular complexity index is 745. The Labute approximate surface area is 156 Å². The summed E-state index contributed by atoms with van der Waals surface area (Å²) in [6.07, 6.45) is 14.4. The van der Waals surface area contributed by atoms with E-state index in [9.17, 15) is 9.90 Å². The monoisotopic (exact) mass is 354 g/mol. The highest BCUT2D eigenvalue weighted by Gasteiger charge is 2.56. The van der Waals surface area contributed by atoms with E-state index in [1.807, 2.05) is 0 Å². The van der Waals surface area contributed by atoms with Crippen molar-refractivity contribution in [3.63, 3.8) is 0 Å². The van der Waals surface area contributed by atoms with E-state index in [4.69, 9.17) is 4.74 Å². The minimum atomic E-state index is -0.194. The molecule has 4 aliphatic carbocycles. The first-order chi connectivity index (χ1) is 12.4. The molecule has 6 atom stereocenters. The van der Waals surface area contributed by atoms with Crippen LogP contribution in [0.5, 0.6) is 0 Å². The summed E-state index contributed by atoms with van der Waals surface area (Å²) in [5, 5.41) is 10.2. The molecule has 0 aromatic rings. The summed E-state index contributed by atoms with van der Waals surface area (Å²) in [4.78, 5) is 11.6. The first-order valence-electron chi connectivity index (χ1n) is 10.4. The van der Waals surface area contributed by atoms with E-state index in [0.29, 0.717) is 23.9 Å². The minimum Gasteiger partial charge on any atom is -0.458 e. The molecule has 140 valence electrons. The van der Waals surface area contributed by atoms with Crippen molar-refractivity contribution >= 4 is 5.97 Å². The maximum Gasteiger partial charge on any atom is 0.331 e. The molecular formula is C23H30O3. The summed E-state index contributed by atoms with van der Waals surface area (Å²) >= 11 is 0. The lowest BCUT2D eigenvalue weighted by Crippen LogP contribution is -2.51. The molecule has 0 bridgehead atoms. The van der Waals surface area contributed by atoms with Crippen molar-refractivity contribution in [3.05, 3.63) is 34.9 Å². The third kappa shape index (κ3) is 2.19. The molecule has 5 rings (SSSR count). The number of allylic oxidation sites excluding steroid dienone is 3. The average Bonchev–Trinajstić information content (AvgIpc) is 3.18. The Hall–Kier alpha value is -1.35. The lowest BCUT2D eigenvalue weighted by Gasteiger charge is -2.59. The van der Waals surface area contributed by atoms with Gasteiger partial charge in [-0.25, -0.2) is 4.79 Å². The van der Waals surface area contributed by atoms with Crippen LogP contribution in [0.3, 0.4) is 0 Å². The van der Waals surface area contributed by atoms with Gasteiger partial charge in [-0.2, -0.15) is 0 Å². The average molecular weight is 354 g/mol. The van der Waals surface area contributed by atoms with Gasteiger partial charge in [-0.05, 0) is 73.7 Å². The second-order valence-electron chi connectivity index (χ2n) is 9.77. The zero-order valence-electron chi connectivity index (χ0n) is 16.0.